The number of hydrogen-bond acceptors (Lipinski definition) is 4. The van der Waals surface area contributed by atoms with Gasteiger partial charge in [0, 0.05) is 16.5 Å². The SMILES string of the molecule is CC(C)(C)c1cc(C(F)(F)F)c2c(N)c(C(N)=O)sc2n1. The number of nitrogens with zero attached hydrogens (tertiary/aromatic N) is 1. The molecule has 4 N–H and O–H groups in total. The smallest absolute Gasteiger partial charge is 0.397 e. The Bertz CT molecular complexity index is 729. The number of alkyl halides is 3. The van der Waals surface area contributed by atoms with Gasteiger partial charge in [0.2, 0.25) is 0 Å². The van der Waals surface area contributed by atoms with Gasteiger partial charge in [0.25, 0.3) is 5.91 Å². The average Bonchev–Trinajstić information content (AvgIpc) is 2.63. The Hall–Kier alpha value is -1.83. The summed E-state index contributed by atoms with van der Waals surface area (Å²) < 4.78 is 39.8. The van der Waals surface area contributed by atoms with Gasteiger partial charge in [0.1, 0.15) is 9.71 Å². The second-order valence-electron chi connectivity index (χ2n) is 5.69. The predicted molar refractivity (Wildman–Crippen MR) is 76.3 cm³/mol. The second-order valence-corrected chi connectivity index (χ2v) is 6.69. The highest BCUT2D eigenvalue weighted by molar-refractivity contribution is 7.21. The average molecular weight is 317 g/mol. The number of hydrogen-bond donors (Lipinski definition) is 2. The highest BCUT2D eigenvalue weighted by Crippen LogP contribution is 2.43. The normalized spacial score (nSPS) is 12.9. The first-order valence-corrected chi connectivity index (χ1v) is 6.85. The molecule has 4 nitrogen and oxygen atoms in total. The van der Waals surface area contributed by atoms with E-state index in [2.05, 4.69) is 4.98 Å². The van der Waals surface area contributed by atoms with Gasteiger partial charge in [0.15, 0.2) is 0 Å². The third kappa shape index (κ3) is 2.67. The number of amides is 1. The Morgan fingerprint density at radius 2 is 1.86 bits per heavy atom. The summed E-state index contributed by atoms with van der Waals surface area (Å²) >= 11 is 0.782. The molecule has 2 heterocycles. The van der Waals surface area contributed by atoms with E-state index in [0.29, 0.717) is 0 Å². The lowest BCUT2D eigenvalue weighted by molar-refractivity contribution is -0.136. The van der Waals surface area contributed by atoms with Crippen LogP contribution in [0.4, 0.5) is 18.9 Å². The quantitative estimate of drug-likeness (QED) is 0.846. The largest absolute Gasteiger partial charge is 0.417 e. The number of carbonyl (C=O) groups excluding carboxylic acids is 1. The summed E-state index contributed by atoms with van der Waals surface area (Å²) in [5, 5.41) is -0.255. The minimum absolute atomic E-state index is 0.0704. The number of halogens is 3. The van der Waals surface area contributed by atoms with Crippen molar-refractivity contribution in [3.63, 3.8) is 0 Å². The van der Waals surface area contributed by atoms with E-state index in [0.717, 1.165) is 17.4 Å². The van der Waals surface area contributed by atoms with Crippen molar-refractivity contribution in [1.82, 2.24) is 4.98 Å². The zero-order valence-electron chi connectivity index (χ0n) is 11.6. The van der Waals surface area contributed by atoms with Crippen molar-refractivity contribution < 1.29 is 18.0 Å². The zero-order valence-corrected chi connectivity index (χ0v) is 12.4. The fourth-order valence-electron chi connectivity index (χ4n) is 1.91. The van der Waals surface area contributed by atoms with Crippen molar-refractivity contribution in [2.24, 2.45) is 5.73 Å². The van der Waals surface area contributed by atoms with E-state index in [1.54, 1.807) is 20.8 Å². The minimum atomic E-state index is -4.59. The summed E-state index contributed by atoms with van der Waals surface area (Å²) in [6.45, 7) is 5.27. The predicted octanol–water partition coefficient (Wildman–Crippen LogP) is 3.29. The third-order valence-corrected chi connectivity index (χ3v) is 4.11. The molecule has 2 rings (SSSR count). The summed E-state index contributed by atoms with van der Waals surface area (Å²) in [5.41, 5.74) is 9.37. The molecule has 0 unspecified atom stereocenters. The molecule has 0 aliphatic heterocycles. The molecule has 2 aromatic rings. The van der Waals surface area contributed by atoms with E-state index in [1.165, 1.54) is 0 Å². The van der Waals surface area contributed by atoms with E-state index in [9.17, 15) is 18.0 Å². The van der Waals surface area contributed by atoms with E-state index >= 15 is 0 Å². The number of anilines is 1. The topological polar surface area (TPSA) is 82.0 Å². The third-order valence-electron chi connectivity index (χ3n) is 3.00. The van der Waals surface area contributed by atoms with Crippen LogP contribution in [-0.2, 0) is 11.6 Å². The molecule has 0 aliphatic carbocycles. The number of aromatic nitrogens is 1. The molecule has 21 heavy (non-hydrogen) atoms. The molecule has 0 fully saturated rings. The molecule has 114 valence electrons. The number of thiophene rings is 1. The van der Waals surface area contributed by atoms with Crippen LogP contribution in [0.1, 0.15) is 41.7 Å². The van der Waals surface area contributed by atoms with Gasteiger partial charge < -0.3 is 11.5 Å². The molecule has 2 aromatic heterocycles. The highest BCUT2D eigenvalue weighted by atomic mass is 32.1. The fraction of sp³-hybridized carbons (Fsp3) is 0.385. The number of carbonyl (C=O) groups is 1. The Morgan fingerprint density at radius 3 is 2.29 bits per heavy atom. The molecule has 0 aliphatic rings. The first-order valence-electron chi connectivity index (χ1n) is 6.03. The van der Waals surface area contributed by atoms with Gasteiger partial charge in [-0.3, -0.25) is 4.79 Å². The highest BCUT2D eigenvalue weighted by Gasteiger charge is 2.37. The number of nitrogens with two attached hydrogens (primary N) is 2. The van der Waals surface area contributed by atoms with Crippen molar-refractivity contribution in [3.8, 4) is 0 Å². The lowest BCUT2D eigenvalue weighted by Gasteiger charge is -2.20. The van der Waals surface area contributed by atoms with Crippen LogP contribution in [0.25, 0.3) is 10.2 Å². The van der Waals surface area contributed by atoms with Crippen molar-refractivity contribution >= 4 is 33.1 Å². The summed E-state index contributed by atoms with van der Waals surface area (Å²) in [7, 11) is 0. The minimum Gasteiger partial charge on any atom is -0.397 e. The van der Waals surface area contributed by atoms with Gasteiger partial charge in [-0.25, -0.2) is 4.98 Å². The second kappa shape index (κ2) is 4.59. The molecular weight excluding hydrogens is 303 g/mol. The number of primary amides is 1. The van der Waals surface area contributed by atoms with E-state index in [-0.39, 0.29) is 26.5 Å². The van der Waals surface area contributed by atoms with Gasteiger partial charge in [-0.2, -0.15) is 13.2 Å². The summed E-state index contributed by atoms with van der Waals surface area (Å²) in [6.07, 6.45) is -4.59. The van der Waals surface area contributed by atoms with Crippen molar-refractivity contribution in [3.05, 3.63) is 22.2 Å². The van der Waals surface area contributed by atoms with Crippen molar-refractivity contribution in [1.29, 1.82) is 0 Å². The molecule has 0 saturated carbocycles. The molecule has 0 saturated heterocycles. The first-order chi connectivity index (χ1) is 9.43. The number of nitrogen functional groups attached to an aromatic ring is 1. The van der Waals surface area contributed by atoms with Crippen LogP contribution in [0.5, 0.6) is 0 Å². The summed E-state index contributed by atoms with van der Waals surface area (Å²) in [6, 6.07) is 0.982. The van der Waals surface area contributed by atoms with Crippen LogP contribution in [0.15, 0.2) is 6.07 Å². The molecule has 0 bridgehead atoms. The molecule has 8 heteroatoms. The maximum Gasteiger partial charge on any atom is 0.417 e. The molecule has 1 amide bonds. The number of pyridine rings is 1. The zero-order chi connectivity index (χ0) is 16.2. The van der Waals surface area contributed by atoms with Gasteiger partial charge in [0.05, 0.1) is 11.3 Å². The van der Waals surface area contributed by atoms with Crippen LogP contribution in [0, 0.1) is 0 Å². The van der Waals surface area contributed by atoms with E-state index in [4.69, 9.17) is 11.5 Å². The Kier molecular flexibility index (Phi) is 3.40. The van der Waals surface area contributed by atoms with Crippen LogP contribution < -0.4 is 11.5 Å². The van der Waals surface area contributed by atoms with Crippen LogP contribution >= 0.6 is 11.3 Å². The van der Waals surface area contributed by atoms with E-state index < -0.39 is 23.1 Å². The van der Waals surface area contributed by atoms with Gasteiger partial charge >= 0.3 is 6.18 Å². The van der Waals surface area contributed by atoms with Crippen LogP contribution in [-0.4, -0.2) is 10.9 Å². The molecular formula is C13H14F3N3OS. The fourth-order valence-corrected chi connectivity index (χ4v) is 2.88. The van der Waals surface area contributed by atoms with E-state index in [1.807, 2.05) is 0 Å². The maximum atomic E-state index is 13.3. The molecule has 0 aromatic carbocycles. The Labute approximate surface area is 123 Å². The first kappa shape index (κ1) is 15.6. The van der Waals surface area contributed by atoms with Gasteiger partial charge in [-0.05, 0) is 6.07 Å². The van der Waals surface area contributed by atoms with Crippen molar-refractivity contribution in [2.45, 2.75) is 32.4 Å². The standard InChI is InChI=1S/C13H14F3N3OS/c1-12(2,3)6-4-5(13(14,15)16)7-8(17)9(10(18)20)21-11(7)19-6/h4H,17H2,1-3H3,(H2,18,20). The lowest BCUT2D eigenvalue weighted by Crippen LogP contribution is -2.16. The van der Waals surface area contributed by atoms with Crippen LogP contribution in [0.2, 0.25) is 0 Å². The maximum absolute atomic E-state index is 13.3. The summed E-state index contributed by atoms with van der Waals surface area (Å²) in [5.74, 6) is -0.860. The monoisotopic (exact) mass is 317 g/mol. The van der Waals surface area contributed by atoms with Crippen LogP contribution in [0.3, 0.4) is 0 Å². The molecule has 0 radical (unpaired) electrons. The number of fused-ring (bicyclic) bond motifs is 1. The Morgan fingerprint density at radius 1 is 1.29 bits per heavy atom. The molecule has 0 atom stereocenters. The molecule has 0 spiro atoms. The summed E-state index contributed by atoms with van der Waals surface area (Å²) in [4.78, 5) is 15.5. The number of rotatable bonds is 1. The van der Waals surface area contributed by atoms with Gasteiger partial charge in [-0.1, -0.05) is 20.8 Å². The Balaban J connectivity index is 2.92. The van der Waals surface area contributed by atoms with Gasteiger partial charge in [-0.15, -0.1) is 11.3 Å². The lowest BCUT2D eigenvalue weighted by atomic mass is 9.90. The van der Waals surface area contributed by atoms with Crippen molar-refractivity contribution in [2.75, 3.05) is 5.73 Å².